The molecule has 7 heteroatoms. The smallest absolute Gasteiger partial charge is 0.870 e. The molecular formula is C24H33KO5S. The van der Waals surface area contributed by atoms with E-state index in [9.17, 15) is 13.5 Å². The van der Waals surface area contributed by atoms with Gasteiger partial charge < -0.3 is 9.84 Å². The number of rotatable bonds is 14. The number of aryl methyl sites for hydroxylation is 1. The molecule has 1 N–H and O–H groups in total. The first-order chi connectivity index (χ1) is 14.4. The second-order valence-corrected chi connectivity index (χ2v) is 9.18. The molecular weight excluding hydrogens is 439 g/mol. The minimum Gasteiger partial charge on any atom is -0.870 e. The van der Waals surface area contributed by atoms with Crippen molar-refractivity contribution in [3.8, 4) is 17.2 Å². The Morgan fingerprint density at radius 1 is 0.839 bits per heavy atom. The molecule has 0 aliphatic carbocycles. The van der Waals surface area contributed by atoms with Gasteiger partial charge in [0.05, 0.1) is 4.90 Å². The predicted molar refractivity (Wildman–Crippen MR) is 118 cm³/mol. The van der Waals surface area contributed by atoms with Crippen LogP contribution in [-0.2, 0) is 16.5 Å². The van der Waals surface area contributed by atoms with E-state index in [1.807, 2.05) is 6.07 Å². The summed E-state index contributed by atoms with van der Waals surface area (Å²) >= 11 is 0. The summed E-state index contributed by atoms with van der Waals surface area (Å²) in [6.45, 7) is 2.24. The van der Waals surface area contributed by atoms with Gasteiger partial charge in [-0.3, -0.25) is 4.55 Å². The molecule has 5 nitrogen and oxygen atoms in total. The minimum absolute atomic E-state index is 0. The van der Waals surface area contributed by atoms with Crippen LogP contribution < -0.4 is 61.2 Å². The SMILES string of the molecule is CCCCCCCCCCCCc1ccc(Oc2ccc(S(=O)(=O)O)cc2)c([O-])c1.[K+]. The standard InChI is InChI=1S/C24H34O5S.K/c1-2-3-4-5-6-7-8-9-10-11-12-20-13-18-24(23(25)19-20)29-21-14-16-22(17-15-21)30(26,27)28;/h13-19,25H,2-12H2,1H3,(H,26,27,28);/q;+1/p-1. The van der Waals surface area contributed by atoms with Crippen molar-refractivity contribution in [2.75, 3.05) is 0 Å². The van der Waals surface area contributed by atoms with Crippen molar-refractivity contribution in [1.82, 2.24) is 0 Å². The molecule has 0 unspecified atom stereocenters. The summed E-state index contributed by atoms with van der Waals surface area (Å²) < 4.78 is 36.7. The number of hydrogen-bond donors (Lipinski definition) is 1. The third kappa shape index (κ3) is 11.3. The Balaban J connectivity index is 0.00000480. The van der Waals surface area contributed by atoms with Gasteiger partial charge in [-0.15, -0.1) is 0 Å². The van der Waals surface area contributed by atoms with Gasteiger partial charge in [0.2, 0.25) is 0 Å². The van der Waals surface area contributed by atoms with E-state index >= 15 is 0 Å². The molecule has 0 radical (unpaired) electrons. The van der Waals surface area contributed by atoms with Crippen LogP contribution in [-0.4, -0.2) is 13.0 Å². The van der Waals surface area contributed by atoms with Crippen LogP contribution in [0, 0.1) is 0 Å². The van der Waals surface area contributed by atoms with Crippen LogP contribution in [0.3, 0.4) is 0 Å². The molecule has 0 atom stereocenters. The third-order valence-electron chi connectivity index (χ3n) is 5.18. The number of ether oxygens (including phenoxy) is 1. The van der Waals surface area contributed by atoms with Crippen LogP contribution in [0.4, 0.5) is 0 Å². The second kappa shape index (κ2) is 15.4. The molecule has 31 heavy (non-hydrogen) atoms. The summed E-state index contributed by atoms with van der Waals surface area (Å²) in [7, 11) is -4.25. The van der Waals surface area contributed by atoms with Gasteiger partial charge in [-0.05, 0) is 48.7 Å². The van der Waals surface area contributed by atoms with E-state index in [-0.39, 0.29) is 67.8 Å². The normalized spacial score (nSPS) is 11.2. The Kier molecular flexibility index (Phi) is 14.2. The monoisotopic (exact) mass is 472 g/mol. The van der Waals surface area contributed by atoms with Crippen molar-refractivity contribution in [3.05, 3.63) is 48.0 Å². The zero-order chi connectivity index (χ0) is 21.8. The zero-order valence-electron chi connectivity index (χ0n) is 18.8. The Bertz CT molecular complexity index is 866. The molecule has 2 rings (SSSR count). The summed E-state index contributed by atoms with van der Waals surface area (Å²) in [5.41, 5.74) is 1.01. The first-order valence-corrected chi connectivity index (χ1v) is 12.4. The molecule has 0 aliphatic rings. The van der Waals surface area contributed by atoms with Gasteiger partial charge in [0, 0.05) is 0 Å². The molecule has 0 fully saturated rings. The zero-order valence-corrected chi connectivity index (χ0v) is 22.7. The molecule has 0 saturated carbocycles. The molecule has 0 aromatic heterocycles. The molecule has 0 amide bonds. The van der Waals surface area contributed by atoms with Crippen LogP contribution in [0.5, 0.6) is 17.2 Å². The van der Waals surface area contributed by atoms with Crippen LogP contribution in [0.25, 0.3) is 0 Å². The summed E-state index contributed by atoms with van der Waals surface area (Å²) in [5, 5.41) is 12.3. The van der Waals surface area contributed by atoms with Crippen molar-refractivity contribution in [2.24, 2.45) is 0 Å². The quantitative estimate of drug-likeness (QED) is 0.259. The Morgan fingerprint density at radius 2 is 1.39 bits per heavy atom. The number of benzene rings is 2. The number of unbranched alkanes of at least 4 members (excludes halogenated alkanes) is 9. The van der Waals surface area contributed by atoms with Crippen molar-refractivity contribution < 1.29 is 74.2 Å². The van der Waals surface area contributed by atoms with Gasteiger partial charge in [0.1, 0.15) is 11.5 Å². The van der Waals surface area contributed by atoms with E-state index in [0.29, 0.717) is 5.75 Å². The molecule has 2 aromatic rings. The Labute approximate surface area is 229 Å². The maximum absolute atomic E-state index is 12.3. The molecule has 0 saturated heterocycles. The molecule has 0 spiro atoms. The first-order valence-electron chi connectivity index (χ1n) is 11.0. The summed E-state index contributed by atoms with van der Waals surface area (Å²) in [5.74, 6) is 0.335. The summed E-state index contributed by atoms with van der Waals surface area (Å²) in [6.07, 6.45) is 13.7. The second-order valence-electron chi connectivity index (χ2n) is 7.76. The summed E-state index contributed by atoms with van der Waals surface area (Å²) in [4.78, 5) is -0.218. The van der Waals surface area contributed by atoms with E-state index in [0.717, 1.165) is 18.4 Å². The molecule has 0 heterocycles. The van der Waals surface area contributed by atoms with Crippen LogP contribution in [0.1, 0.15) is 76.7 Å². The minimum atomic E-state index is -4.25. The van der Waals surface area contributed by atoms with Crippen molar-refractivity contribution >= 4 is 10.1 Å². The average molecular weight is 473 g/mol. The fourth-order valence-electron chi connectivity index (χ4n) is 3.42. The van der Waals surface area contributed by atoms with Gasteiger partial charge >= 0.3 is 51.4 Å². The third-order valence-corrected chi connectivity index (χ3v) is 6.04. The predicted octanol–water partition coefficient (Wildman–Crippen LogP) is 3.27. The molecule has 0 bridgehead atoms. The van der Waals surface area contributed by atoms with E-state index in [1.165, 1.54) is 82.1 Å². The fraction of sp³-hybridized carbons (Fsp3) is 0.500. The number of hydrogen-bond acceptors (Lipinski definition) is 4. The fourth-order valence-corrected chi connectivity index (χ4v) is 3.90. The maximum Gasteiger partial charge on any atom is 1.00 e. The van der Waals surface area contributed by atoms with Crippen molar-refractivity contribution in [3.63, 3.8) is 0 Å². The molecule has 2 aromatic carbocycles. The van der Waals surface area contributed by atoms with Gasteiger partial charge in [-0.1, -0.05) is 82.6 Å². The van der Waals surface area contributed by atoms with Crippen LogP contribution in [0.2, 0.25) is 0 Å². The van der Waals surface area contributed by atoms with Gasteiger partial charge in [0.15, 0.2) is 0 Å². The van der Waals surface area contributed by atoms with Crippen molar-refractivity contribution in [1.29, 1.82) is 0 Å². The van der Waals surface area contributed by atoms with Crippen LogP contribution in [0.15, 0.2) is 47.4 Å². The van der Waals surface area contributed by atoms with E-state index in [4.69, 9.17) is 9.29 Å². The maximum atomic E-state index is 12.3. The summed E-state index contributed by atoms with van der Waals surface area (Å²) in [6, 6.07) is 10.4. The first kappa shape index (κ1) is 28.6. The van der Waals surface area contributed by atoms with E-state index < -0.39 is 10.1 Å². The van der Waals surface area contributed by atoms with Gasteiger partial charge in [-0.25, -0.2) is 0 Å². The van der Waals surface area contributed by atoms with Crippen LogP contribution >= 0.6 is 0 Å². The van der Waals surface area contributed by atoms with Gasteiger partial charge in [0.25, 0.3) is 10.1 Å². The van der Waals surface area contributed by atoms with Crippen molar-refractivity contribution in [2.45, 2.75) is 82.4 Å². The Morgan fingerprint density at radius 3 is 1.90 bits per heavy atom. The average Bonchev–Trinajstić information content (AvgIpc) is 2.71. The molecule has 0 aliphatic heterocycles. The van der Waals surface area contributed by atoms with E-state index in [1.54, 1.807) is 12.1 Å². The van der Waals surface area contributed by atoms with E-state index in [2.05, 4.69) is 6.92 Å². The topological polar surface area (TPSA) is 86.7 Å². The molecule has 166 valence electrons. The van der Waals surface area contributed by atoms with Gasteiger partial charge in [-0.2, -0.15) is 8.42 Å². The largest absolute Gasteiger partial charge is 1.00 e. The Hall–Kier alpha value is -0.414.